The first-order valence-corrected chi connectivity index (χ1v) is 8.29. The van der Waals surface area contributed by atoms with Crippen LogP contribution >= 0.6 is 0 Å². The molecule has 1 aliphatic rings. The van der Waals surface area contributed by atoms with Gasteiger partial charge in [-0.1, -0.05) is 18.2 Å². The molecule has 3 rings (SSSR count). The van der Waals surface area contributed by atoms with E-state index in [1.165, 1.54) is 0 Å². The largest absolute Gasteiger partial charge is 0.444 e. The predicted octanol–water partition coefficient (Wildman–Crippen LogP) is 4.44. The maximum absolute atomic E-state index is 12.1. The average Bonchev–Trinajstić information content (AvgIpc) is 2.88. The van der Waals surface area contributed by atoms with Crippen LogP contribution in [0.2, 0.25) is 0 Å². The van der Waals surface area contributed by atoms with E-state index in [0.29, 0.717) is 11.3 Å². The molecule has 2 amide bonds. The van der Waals surface area contributed by atoms with E-state index in [1.54, 1.807) is 18.3 Å². The van der Waals surface area contributed by atoms with Crippen molar-refractivity contribution in [1.82, 2.24) is 0 Å². The highest BCUT2D eigenvalue weighted by Gasteiger charge is 2.23. The Kier molecular flexibility index (Phi) is 4.67. The quantitative estimate of drug-likeness (QED) is 0.714. The molecule has 0 atom stereocenters. The highest BCUT2D eigenvalue weighted by Crippen LogP contribution is 2.31. The molecule has 0 saturated carbocycles. The van der Waals surface area contributed by atoms with Crippen LogP contribution in [0.1, 0.15) is 26.3 Å². The number of hydrogen-bond donors (Lipinski definition) is 3. The Morgan fingerprint density at radius 3 is 2.38 bits per heavy atom. The summed E-state index contributed by atoms with van der Waals surface area (Å²) >= 11 is 0. The Bertz CT molecular complexity index is 865. The summed E-state index contributed by atoms with van der Waals surface area (Å²) in [5.41, 5.74) is 3.13. The summed E-state index contributed by atoms with van der Waals surface area (Å²) in [6.07, 6.45) is 1.18. The van der Waals surface area contributed by atoms with Crippen molar-refractivity contribution in [3.63, 3.8) is 0 Å². The summed E-state index contributed by atoms with van der Waals surface area (Å²) in [5.74, 6) is -0.137. The third kappa shape index (κ3) is 4.22. The van der Waals surface area contributed by atoms with E-state index in [-0.39, 0.29) is 5.91 Å². The number of carbonyl (C=O) groups is 2. The molecule has 2 aromatic carbocycles. The Balaban J connectivity index is 1.65. The Labute approximate surface area is 152 Å². The number of hydrogen-bond acceptors (Lipinski definition) is 4. The van der Waals surface area contributed by atoms with Crippen molar-refractivity contribution >= 4 is 34.6 Å². The molecule has 0 fully saturated rings. The third-order valence-corrected chi connectivity index (χ3v) is 3.62. The fraction of sp³-hybridized carbons (Fsp3) is 0.200. The lowest BCUT2D eigenvalue weighted by Gasteiger charge is -2.19. The predicted molar refractivity (Wildman–Crippen MR) is 103 cm³/mol. The smallest absolute Gasteiger partial charge is 0.412 e. The molecule has 0 spiro atoms. The molecule has 6 nitrogen and oxygen atoms in total. The van der Waals surface area contributed by atoms with Gasteiger partial charge in [-0.05, 0) is 51.1 Å². The number of carbonyl (C=O) groups excluding carboxylic acids is 2. The van der Waals surface area contributed by atoms with Crippen LogP contribution in [-0.4, -0.2) is 17.6 Å². The van der Waals surface area contributed by atoms with Crippen molar-refractivity contribution in [2.75, 3.05) is 16.0 Å². The number of para-hydroxylation sites is 1. The highest BCUT2D eigenvalue weighted by atomic mass is 16.6. The Morgan fingerprint density at radius 2 is 1.69 bits per heavy atom. The van der Waals surface area contributed by atoms with Gasteiger partial charge in [0.2, 0.25) is 0 Å². The van der Waals surface area contributed by atoms with E-state index in [9.17, 15) is 9.59 Å². The van der Waals surface area contributed by atoms with Gasteiger partial charge in [-0.2, -0.15) is 0 Å². The zero-order chi connectivity index (χ0) is 18.7. The summed E-state index contributed by atoms with van der Waals surface area (Å²) < 4.78 is 5.21. The van der Waals surface area contributed by atoms with Gasteiger partial charge in [-0.25, -0.2) is 4.79 Å². The van der Waals surface area contributed by atoms with Crippen LogP contribution in [0.4, 0.5) is 21.9 Å². The van der Waals surface area contributed by atoms with Gasteiger partial charge in [0.1, 0.15) is 5.60 Å². The van der Waals surface area contributed by atoms with Crippen LogP contribution in [0.15, 0.2) is 54.7 Å². The minimum atomic E-state index is -0.546. The molecule has 1 heterocycles. The zero-order valence-corrected chi connectivity index (χ0v) is 14.9. The van der Waals surface area contributed by atoms with Gasteiger partial charge in [0, 0.05) is 28.8 Å². The molecular weight excluding hydrogens is 330 g/mol. The molecule has 3 N–H and O–H groups in total. The standard InChI is InChI=1S/C20H21N3O3/c1-20(2,3)26-19(25)22-14-10-8-13(9-11-14)21-12-16-15-6-4-5-7-17(15)23-18(16)24/h4-12,21H,1-3H3,(H,22,25)(H,23,24). The second-order valence-electron chi connectivity index (χ2n) is 6.91. The molecule has 6 heteroatoms. The molecule has 2 aromatic rings. The van der Waals surface area contributed by atoms with E-state index < -0.39 is 11.7 Å². The van der Waals surface area contributed by atoms with E-state index in [1.807, 2.05) is 57.2 Å². The van der Waals surface area contributed by atoms with E-state index in [0.717, 1.165) is 16.9 Å². The normalized spacial score (nSPS) is 14.6. The third-order valence-electron chi connectivity index (χ3n) is 3.62. The molecule has 0 saturated heterocycles. The monoisotopic (exact) mass is 351 g/mol. The highest BCUT2D eigenvalue weighted by molar-refractivity contribution is 6.31. The fourth-order valence-electron chi connectivity index (χ4n) is 2.51. The number of anilines is 3. The van der Waals surface area contributed by atoms with Crippen molar-refractivity contribution in [2.24, 2.45) is 0 Å². The molecule has 26 heavy (non-hydrogen) atoms. The summed E-state index contributed by atoms with van der Waals surface area (Å²) in [4.78, 5) is 23.8. The second kappa shape index (κ2) is 6.92. The van der Waals surface area contributed by atoms with Gasteiger partial charge >= 0.3 is 6.09 Å². The van der Waals surface area contributed by atoms with Crippen LogP contribution in [0, 0.1) is 0 Å². The van der Waals surface area contributed by atoms with Crippen molar-refractivity contribution in [2.45, 2.75) is 26.4 Å². The maximum atomic E-state index is 12.1. The van der Waals surface area contributed by atoms with Crippen LogP contribution in [0.3, 0.4) is 0 Å². The van der Waals surface area contributed by atoms with Crippen molar-refractivity contribution in [3.05, 3.63) is 60.3 Å². The lowest BCUT2D eigenvalue weighted by Crippen LogP contribution is -2.27. The molecular formula is C20H21N3O3. The molecule has 0 aromatic heterocycles. The van der Waals surface area contributed by atoms with Gasteiger partial charge < -0.3 is 15.4 Å². The minimum Gasteiger partial charge on any atom is -0.444 e. The van der Waals surface area contributed by atoms with Gasteiger partial charge in [0.05, 0.1) is 5.57 Å². The lowest BCUT2D eigenvalue weighted by atomic mass is 10.1. The number of benzene rings is 2. The summed E-state index contributed by atoms with van der Waals surface area (Å²) in [5, 5.41) is 8.61. The van der Waals surface area contributed by atoms with E-state index >= 15 is 0 Å². The van der Waals surface area contributed by atoms with Gasteiger partial charge in [0.25, 0.3) is 5.91 Å². The second-order valence-corrected chi connectivity index (χ2v) is 6.91. The Morgan fingerprint density at radius 1 is 1.04 bits per heavy atom. The van der Waals surface area contributed by atoms with Gasteiger partial charge in [-0.3, -0.25) is 10.1 Å². The maximum Gasteiger partial charge on any atom is 0.412 e. The molecule has 134 valence electrons. The van der Waals surface area contributed by atoms with Crippen LogP contribution in [0.25, 0.3) is 5.57 Å². The zero-order valence-electron chi connectivity index (χ0n) is 14.9. The summed E-state index contributed by atoms with van der Waals surface area (Å²) in [6.45, 7) is 5.43. The fourth-order valence-corrected chi connectivity index (χ4v) is 2.51. The molecule has 0 radical (unpaired) electrons. The van der Waals surface area contributed by atoms with Crippen molar-refractivity contribution < 1.29 is 14.3 Å². The molecule has 0 aliphatic carbocycles. The first kappa shape index (κ1) is 17.5. The van der Waals surface area contributed by atoms with Crippen LogP contribution in [0.5, 0.6) is 0 Å². The van der Waals surface area contributed by atoms with Gasteiger partial charge in [0.15, 0.2) is 0 Å². The number of nitrogens with one attached hydrogen (secondary N) is 3. The van der Waals surface area contributed by atoms with Crippen LogP contribution < -0.4 is 16.0 Å². The summed E-state index contributed by atoms with van der Waals surface area (Å²) in [7, 11) is 0. The lowest BCUT2D eigenvalue weighted by molar-refractivity contribution is -0.110. The number of rotatable bonds is 3. The van der Waals surface area contributed by atoms with Crippen molar-refractivity contribution in [3.8, 4) is 0 Å². The van der Waals surface area contributed by atoms with E-state index in [4.69, 9.17) is 4.74 Å². The van der Waals surface area contributed by atoms with Crippen LogP contribution in [-0.2, 0) is 9.53 Å². The SMILES string of the molecule is CC(C)(C)OC(=O)Nc1ccc(NC=C2C(=O)Nc3ccccc32)cc1. The Hall–Kier alpha value is -3.28. The first-order chi connectivity index (χ1) is 12.3. The number of ether oxygens (including phenoxy) is 1. The first-order valence-electron chi connectivity index (χ1n) is 8.29. The molecule has 0 unspecified atom stereocenters. The molecule has 1 aliphatic heterocycles. The minimum absolute atomic E-state index is 0.137. The summed E-state index contributed by atoms with van der Waals surface area (Å²) in [6, 6.07) is 14.7. The van der Waals surface area contributed by atoms with Crippen molar-refractivity contribution in [1.29, 1.82) is 0 Å². The number of fused-ring (bicyclic) bond motifs is 1. The molecule has 0 bridgehead atoms. The number of amides is 2. The topological polar surface area (TPSA) is 79.5 Å². The van der Waals surface area contributed by atoms with Gasteiger partial charge in [-0.15, -0.1) is 0 Å². The average molecular weight is 351 g/mol. The van der Waals surface area contributed by atoms with E-state index in [2.05, 4.69) is 16.0 Å².